The van der Waals surface area contributed by atoms with Gasteiger partial charge in [0, 0.05) is 0 Å². The zero-order valence-corrected chi connectivity index (χ0v) is 8.56. The minimum atomic E-state index is 0.191. The Balaban J connectivity index is 3.18. The number of aliphatic hydroxyl groups is 1. The molecule has 0 unspecified atom stereocenters. The van der Waals surface area contributed by atoms with Crippen LogP contribution < -0.4 is 9.47 Å². The number of carbonyl (C=O) groups excluding carboxylic acids is 1. The lowest BCUT2D eigenvalue weighted by Crippen LogP contribution is -1.93. The Bertz CT molecular complexity index is 382. The minimum Gasteiger partial charge on any atom is -0.515 e. The van der Waals surface area contributed by atoms with Crippen LogP contribution in [0.25, 0.3) is 5.57 Å². The highest BCUT2D eigenvalue weighted by Gasteiger charge is 2.07. The zero-order chi connectivity index (χ0) is 11.3. The molecule has 0 aliphatic rings. The molecule has 1 N–H and O–H groups in total. The Morgan fingerprint density at radius 3 is 2.40 bits per heavy atom. The number of carbonyl (C=O) groups is 1. The van der Waals surface area contributed by atoms with Gasteiger partial charge in [-0.2, -0.15) is 0 Å². The molecule has 0 aromatic heterocycles. The van der Waals surface area contributed by atoms with Crippen LogP contribution in [-0.4, -0.2) is 25.6 Å². The van der Waals surface area contributed by atoms with Crippen LogP contribution in [0.2, 0.25) is 0 Å². The third-order valence-electron chi connectivity index (χ3n) is 1.98. The molecule has 0 atom stereocenters. The van der Waals surface area contributed by atoms with Crippen molar-refractivity contribution in [2.75, 3.05) is 14.2 Å². The van der Waals surface area contributed by atoms with Gasteiger partial charge in [-0.05, 0) is 17.7 Å². The quantitative estimate of drug-likeness (QED) is 0.465. The Morgan fingerprint density at radius 2 is 1.93 bits per heavy atom. The van der Waals surface area contributed by atoms with Gasteiger partial charge in [0.05, 0.1) is 26.1 Å². The number of benzene rings is 1. The number of aliphatic hydroxyl groups excluding tert-OH is 1. The van der Waals surface area contributed by atoms with Crippen molar-refractivity contribution in [2.24, 2.45) is 0 Å². The number of allylic oxidation sites excluding steroid dienone is 1. The summed E-state index contributed by atoms with van der Waals surface area (Å²) < 4.78 is 10.1. The molecule has 0 heterocycles. The highest BCUT2D eigenvalue weighted by atomic mass is 16.5. The van der Waals surface area contributed by atoms with Crippen LogP contribution in [0, 0.1) is 0 Å². The monoisotopic (exact) mass is 208 g/mol. The largest absolute Gasteiger partial charge is 0.515 e. The van der Waals surface area contributed by atoms with Gasteiger partial charge >= 0.3 is 0 Å². The fraction of sp³-hybridized carbons (Fsp3) is 0.182. The first-order valence-corrected chi connectivity index (χ1v) is 4.28. The van der Waals surface area contributed by atoms with Gasteiger partial charge in [0.1, 0.15) is 0 Å². The molecule has 0 amide bonds. The Labute approximate surface area is 87.7 Å². The zero-order valence-electron chi connectivity index (χ0n) is 8.56. The molecule has 0 saturated heterocycles. The molecule has 0 spiro atoms. The number of hydrogen-bond donors (Lipinski definition) is 1. The van der Waals surface area contributed by atoms with E-state index in [9.17, 15) is 4.79 Å². The lowest BCUT2D eigenvalue weighted by Gasteiger charge is -2.08. The summed E-state index contributed by atoms with van der Waals surface area (Å²) in [6.45, 7) is 0. The molecule has 15 heavy (non-hydrogen) atoms. The molecule has 80 valence electrons. The standard InChI is InChI=1S/C11H12O4/c1-14-10-4-3-8(5-11(10)15-2)9(6-12)7-13/h3-7,12H,1-2H3. The smallest absolute Gasteiger partial charge is 0.161 e. The van der Waals surface area contributed by atoms with Crippen LogP contribution in [0.3, 0.4) is 0 Å². The molecular weight excluding hydrogens is 196 g/mol. The first-order valence-electron chi connectivity index (χ1n) is 4.28. The van der Waals surface area contributed by atoms with E-state index in [2.05, 4.69) is 0 Å². The van der Waals surface area contributed by atoms with E-state index in [4.69, 9.17) is 14.6 Å². The van der Waals surface area contributed by atoms with Crippen molar-refractivity contribution in [3.8, 4) is 11.5 Å². The molecule has 4 nitrogen and oxygen atoms in total. The van der Waals surface area contributed by atoms with Crippen LogP contribution in [0.4, 0.5) is 0 Å². The van der Waals surface area contributed by atoms with Crippen molar-refractivity contribution < 1.29 is 19.4 Å². The number of aldehydes is 1. The van der Waals surface area contributed by atoms with E-state index in [0.29, 0.717) is 23.3 Å². The van der Waals surface area contributed by atoms with Crippen molar-refractivity contribution in [3.63, 3.8) is 0 Å². The second kappa shape index (κ2) is 5.05. The van der Waals surface area contributed by atoms with Crippen LogP contribution in [0.1, 0.15) is 5.56 Å². The topological polar surface area (TPSA) is 55.8 Å². The van der Waals surface area contributed by atoms with Gasteiger partial charge in [-0.15, -0.1) is 0 Å². The summed E-state index contributed by atoms with van der Waals surface area (Å²) in [5.41, 5.74) is 0.765. The first-order chi connectivity index (χ1) is 7.26. The molecule has 1 aromatic rings. The second-order valence-corrected chi connectivity index (χ2v) is 2.77. The van der Waals surface area contributed by atoms with Gasteiger partial charge in [0.15, 0.2) is 17.8 Å². The molecule has 0 radical (unpaired) electrons. The average molecular weight is 208 g/mol. The van der Waals surface area contributed by atoms with Crippen LogP contribution in [0.15, 0.2) is 24.5 Å². The van der Waals surface area contributed by atoms with E-state index in [1.165, 1.54) is 14.2 Å². The number of hydrogen-bond acceptors (Lipinski definition) is 4. The van der Waals surface area contributed by atoms with Crippen molar-refractivity contribution in [2.45, 2.75) is 0 Å². The first kappa shape index (κ1) is 11.1. The lowest BCUT2D eigenvalue weighted by atomic mass is 10.1. The highest BCUT2D eigenvalue weighted by molar-refractivity contribution is 6.06. The SMILES string of the molecule is COc1ccc(C(C=O)=CO)cc1OC. The van der Waals surface area contributed by atoms with Crippen LogP contribution >= 0.6 is 0 Å². The predicted molar refractivity (Wildman–Crippen MR) is 56.2 cm³/mol. The van der Waals surface area contributed by atoms with E-state index in [-0.39, 0.29) is 5.57 Å². The van der Waals surface area contributed by atoms with Crippen molar-refractivity contribution in [1.29, 1.82) is 0 Å². The number of rotatable bonds is 4. The van der Waals surface area contributed by atoms with Crippen LogP contribution in [-0.2, 0) is 4.79 Å². The summed E-state index contributed by atoms with van der Waals surface area (Å²) in [5.74, 6) is 1.08. The molecular formula is C11H12O4. The van der Waals surface area contributed by atoms with E-state index >= 15 is 0 Å². The van der Waals surface area contributed by atoms with Crippen LogP contribution in [0.5, 0.6) is 11.5 Å². The second-order valence-electron chi connectivity index (χ2n) is 2.77. The van der Waals surface area contributed by atoms with E-state index < -0.39 is 0 Å². The summed E-state index contributed by atoms with van der Waals surface area (Å²) in [7, 11) is 3.03. The third-order valence-corrected chi connectivity index (χ3v) is 1.98. The fourth-order valence-corrected chi connectivity index (χ4v) is 1.19. The number of ether oxygens (including phenoxy) is 2. The Kier molecular flexibility index (Phi) is 3.74. The predicted octanol–water partition coefficient (Wildman–Crippen LogP) is 1.80. The molecule has 1 rings (SSSR count). The molecule has 1 aromatic carbocycles. The number of methoxy groups -OCH3 is 2. The average Bonchev–Trinajstić information content (AvgIpc) is 2.30. The summed E-state index contributed by atoms with van der Waals surface area (Å²) in [6.07, 6.45) is 1.33. The Hall–Kier alpha value is -1.97. The Morgan fingerprint density at radius 1 is 1.27 bits per heavy atom. The summed E-state index contributed by atoms with van der Waals surface area (Å²) in [6, 6.07) is 4.95. The van der Waals surface area contributed by atoms with Crippen molar-refractivity contribution >= 4 is 11.9 Å². The lowest BCUT2D eigenvalue weighted by molar-refractivity contribution is -0.103. The van der Waals surface area contributed by atoms with Gasteiger partial charge < -0.3 is 14.6 Å². The van der Waals surface area contributed by atoms with Gasteiger partial charge in [-0.3, -0.25) is 4.79 Å². The minimum absolute atomic E-state index is 0.191. The van der Waals surface area contributed by atoms with Gasteiger partial charge in [0.25, 0.3) is 0 Å². The van der Waals surface area contributed by atoms with Crippen molar-refractivity contribution in [3.05, 3.63) is 30.0 Å². The van der Waals surface area contributed by atoms with Gasteiger partial charge in [-0.25, -0.2) is 0 Å². The fourth-order valence-electron chi connectivity index (χ4n) is 1.19. The third kappa shape index (κ3) is 2.28. The van der Waals surface area contributed by atoms with E-state index in [0.717, 1.165) is 6.26 Å². The molecule has 0 fully saturated rings. The molecule has 0 aliphatic carbocycles. The molecule has 4 heteroatoms. The summed E-state index contributed by atoms with van der Waals surface area (Å²) >= 11 is 0. The maximum atomic E-state index is 10.6. The normalized spacial score (nSPS) is 10.9. The van der Waals surface area contributed by atoms with E-state index in [1.54, 1.807) is 18.2 Å². The maximum absolute atomic E-state index is 10.6. The highest BCUT2D eigenvalue weighted by Crippen LogP contribution is 2.29. The molecule has 0 aliphatic heterocycles. The summed E-state index contributed by atoms with van der Waals surface area (Å²) in [5, 5.41) is 8.80. The van der Waals surface area contributed by atoms with Crippen molar-refractivity contribution in [1.82, 2.24) is 0 Å². The molecule has 0 bridgehead atoms. The van der Waals surface area contributed by atoms with E-state index in [1.807, 2.05) is 0 Å². The van der Waals surface area contributed by atoms with Gasteiger partial charge in [-0.1, -0.05) is 6.07 Å². The van der Waals surface area contributed by atoms with Gasteiger partial charge in [0.2, 0.25) is 0 Å². The maximum Gasteiger partial charge on any atom is 0.161 e. The summed E-state index contributed by atoms with van der Waals surface area (Å²) in [4.78, 5) is 10.6. The molecule has 0 saturated carbocycles.